The zero-order valence-electron chi connectivity index (χ0n) is 25.4. The Morgan fingerprint density at radius 2 is 1.59 bits per heavy atom. The van der Waals surface area contributed by atoms with Crippen molar-refractivity contribution < 1.29 is 32.6 Å². The largest absolute Gasteiger partial charge is 0.494 e. The van der Waals surface area contributed by atoms with Gasteiger partial charge in [-0.25, -0.2) is 4.79 Å². The lowest BCUT2D eigenvalue weighted by Crippen LogP contribution is -2.48. The first-order valence-corrected chi connectivity index (χ1v) is 15.4. The van der Waals surface area contributed by atoms with Crippen LogP contribution in [0, 0.1) is 5.92 Å². The van der Waals surface area contributed by atoms with Crippen LogP contribution >= 0.6 is 0 Å². The van der Waals surface area contributed by atoms with Gasteiger partial charge in [-0.1, -0.05) is 49.7 Å². The Bertz CT molecular complexity index is 1370. The summed E-state index contributed by atoms with van der Waals surface area (Å²) in [5.41, 5.74) is 1.99. The highest BCUT2D eigenvalue weighted by molar-refractivity contribution is 6.07. The van der Waals surface area contributed by atoms with Crippen LogP contribution < -0.4 is 9.64 Å². The molecule has 0 radical (unpaired) electrons. The zero-order chi connectivity index (χ0) is 31.7. The quantitative estimate of drug-likeness (QED) is 0.285. The molecule has 1 N–H and O–H groups in total. The van der Waals surface area contributed by atoms with Crippen LogP contribution in [-0.4, -0.2) is 84.9 Å². The highest BCUT2D eigenvalue weighted by atomic mass is 19.4. The summed E-state index contributed by atoms with van der Waals surface area (Å²) in [6, 6.07) is 23.3. The molecule has 0 aromatic heterocycles. The number of carboxylic acids is 1. The van der Waals surface area contributed by atoms with Gasteiger partial charge in [0.2, 0.25) is 0 Å². The molecule has 0 spiro atoms. The number of rotatable bonds is 8. The van der Waals surface area contributed by atoms with Gasteiger partial charge in [-0.3, -0.25) is 4.79 Å². The van der Waals surface area contributed by atoms with Crippen molar-refractivity contribution in [3.8, 4) is 5.75 Å². The Kier molecular flexibility index (Phi) is 11.5. The van der Waals surface area contributed by atoms with E-state index < -0.39 is 12.1 Å². The van der Waals surface area contributed by atoms with Crippen molar-refractivity contribution in [3.63, 3.8) is 0 Å². The van der Waals surface area contributed by atoms with E-state index in [0.29, 0.717) is 6.04 Å². The molecule has 7 nitrogen and oxygen atoms in total. The van der Waals surface area contributed by atoms with Crippen LogP contribution in [0.2, 0.25) is 0 Å². The second kappa shape index (κ2) is 15.3. The van der Waals surface area contributed by atoms with Gasteiger partial charge < -0.3 is 24.5 Å². The first kappa shape index (κ1) is 33.1. The third-order valence-corrected chi connectivity index (χ3v) is 8.58. The number of carboxylic acid groups (broad SMARTS) is 1. The van der Waals surface area contributed by atoms with Crippen LogP contribution in [0.15, 0.2) is 66.7 Å². The van der Waals surface area contributed by atoms with E-state index in [4.69, 9.17) is 14.6 Å². The van der Waals surface area contributed by atoms with Gasteiger partial charge in [0, 0.05) is 56.6 Å². The minimum absolute atomic E-state index is 0.129. The molecular formula is C34H42F3N3O4. The number of piperidine rings is 1. The Labute approximate surface area is 257 Å². The molecule has 1 amide bonds. The van der Waals surface area contributed by atoms with E-state index in [0.717, 1.165) is 73.8 Å². The number of amides is 1. The van der Waals surface area contributed by atoms with Crippen LogP contribution in [0.3, 0.4) is 0 Å². The van der Waals surface area contributed by atoms with E-state index in [2.05, 4.69) is 60.0 Å². The summed E-state index contributed by atoms with van der Waals surface area (Å²) < 4.78 is 37.8. The molecule has 2 unspecified atom stereocenters. The molecular weight excluding hydrogens is 571 g/mol. The third-order valence-electron chi connectivity index (χ3n) is 8.58. The Morgan fingerprint density at radius 3 is 2.25 bits per heavy atom. The topological polar surface area (TPSA) is 73.3 Å². The van der Waals surface area contributed by atoms with Crippen molar-refractivity contribution in [2.24, 2.45) is 5.92 Å². The fraction of sp³-hybridized carbons (Fsp3) is 0.471. The Balaban J connectivity index is 0.000000566. The number of hydrogen-bond donors (Lipinski definition) is 1. The maximum atomic E-state index is 13.3. The minimum Gasteiger partial charge on any atom is -0.494 e. The number of anilines is 1. The van der Waals surface area contributed by atoms with Gasteiger partial charge in [0.25, 0.3) is 5.91 Å². The molecule has 2 atom stereocenters. The summed E-state index contributed by atoms with van der Waals surface area (Å²) in [6.07, 6.45) is -0.0180. The Hall–Kier alpha value is -3.79. The molecule has 0 bridgehead atoms. The van der Waals surface area contributed by atoms with E-state index in [1.165, 1.54) is 31.5 Å². The number of nitrogens with zero attached hydrogens (tertiary/aromatic N) is 3. The number of hydrogen-bond acceptors (Lipinski definition) is 5. The molecule has 2 aliphatic heterocycles. The van der Waals surface area contributed by atoms with Gasteiger partial charge >= 0.3 is 12.1 Å². The fourth-order valence-electron chi connectivity index (χ4n) is 5.87. The number of benzene rings is 3. The van der Waals surface area contributed by atoms with Crippen molar-refractivity contribution >= 4 is 28.3 Å². The van der Waals surface area contributed by atoms with Gasteiger partial charge in [0.15, 0.2) is 0 Å². The number of fused-ring (bicyclic) bond motifs is 1. The molecule has 2 heterocycles. The fourth-order valence-corrected chi connectivity index (χ4v) is 5.87. The molecule has 2 saturated heterocycles. The molecule has 44 heavy (non-hydrogen) atoms. The maximum absolute atomic E-state index is 13.3. The monoisotopic (exact) mass is 613 g/mol. The maximum Gasteiger partial charge on any atom is 0.490 e. The third kappa shape index (κ3) is 8.87. The predicted octanol–water partition coefficient (Wildman–Crippen LogP) is 6.71. The molecule has 10 heteroatoms. The number of carbonyl (C=O) groups excluding carboxylic acids is 1. The highest BCUT2D eigenvalue weighted by Crippen LogP contribution is 2.25. The molecule has 3 aromatic rings. The standard InChI is InChI=1S/C32H41N3O2.C2HF3O2/c1-3-26-13-12-25(2)35(24-26)18-7-23-37-29-16-14-28(15-17-29)33-19-21-34(22-20-33)32(36)31-11-6-9-27-8-4-5-10-30(27)31;3-2(4,5)1(6)7/h4-6,8-11,14-17,25-26H,3,7,12-13,18-24H2,1-2H3;(H,6,7). The van der Waals surface area contributed by atoms with E-state index in [9.17, 15) is 18.0 Å². The van der Waals surface area contributed by atoms with Gasteiger partial charge in [-0.15, -0.1) is 0 Å². The van der Waals surface area contributed by atoms with Crippen molar-refractivity contribution in [2.45, 2.75) is 51.7 Å². The smallest absolute Gasteiger partial charge is 0.490 e. The van der Waals surface area contributed by atoms with Gasteiger partial charge in [-0.2, -0.15) is 13.2 Å². The van der Waals surface area contributed by atoms with Gasteiger partial charge in [0.05, 0.1) is 6.61 Å². The van der Waals surface area contributed by atoms with Crippen molar-refractivity contribution in [1.29, 1.82) is 0 Å². The molecule has 238 valence electrons. The number of piperazine rings is 1. The SMILES string of the molecule is CCC1CCC(C)N(CCCOc2ccc(N3CCN(C(=O)c4cccc5ccccc45)CC3)cc2)C1.O=C(O)C(F)(F)F. The molecule has 0 saturated carbocycles. The number of halogens is 3. The first-order valence-electron chi connectivity index (χ1n) is 15.4. The second-order valence-corrected chi connectivity index (χ2v) is 11.5. The van der Waals surface area contributed by atoms with Gasteiger partial charge in [-0.05, 0) is 73.2 Å². The molecule has 2 fully saturated rings. The summed E-state index contributed by atoms with van der Waals surface area (Å²) in [7, 11) is 0. The highest BCUT2D eigenvalue weighted by Gasteiger charge is 2.38. The van der Waals surface area contributed by atoms with Crippen LogP contribution in [0.25, 0.3) is 10.8 Å². The summed E-state index contributed by atoms with van der Waals surface area (Å²) >= 11 is 0. The number of carbonyl (C=O) groups is 2. The molecule has 3 aromatic carbocycles. The predicted molar refractivity (Wildman–Crippen MR) is 166 cm³/mol. The second-order valence-electron chi connectivity index (χ2n) is 11.5. The lowest BCUT2D eigenvalue weighted by Gasteiger charge is -2.37. The summed E-state index contributed by atoms with van der Waals surface area (Å²) in [6.45, 7) is 10.9. The summed E-state index contributed by atoms with van der Waals surface area (Å²) in [5.74, 6) is -0.827. The van der Waals surface area contributed by atoms with Crippen molar-refractivity contribution in [1.82, 2.24) is 9.80 Å². The van der Waals surface area contributed by atoms with E-state index in [-0.39, 0.29) is 5.91 Å². The molecule has 5 rings (SSSR count). The molecule has 2 aliphatic rings. The van der Waals surface area contributed by atoms with Crippen LogP contribution in [0.4, 0.5) is 18.9 Å². The minimum atomic E-state index is -5.08. The summed E-state index contributed by atoms with van der Waals surface area (Å²) in [4.78, 5) is 29.2. The van der Waals surface area contributed by atoms with E-state index >= 15 is 0 Å². The number of aliphatic carboxylic acids is 1. The Morgan fingerprint density at radius 1 is 0.932 bits per heavy atom. The van der Waals surface area contributed by atoms with Crippen LogP contribution in [0.5, 0.6) is 5.75 Å². The van der Waals surface area contributed by atoms with E-state index in [1.807, 2.05) is 35.2 Å². The van der Waals surface area contributed by atoms with Crippen LogP contribution in [-0.2, 0) is 4.79 Å². The summed E-state index contributed by atoms with van der Waals surface area (Å²) in [5, 5.41) is 9.27. The molecule has 0 aliphatic carbocycles. The van der Waals surface area contributed by atoms with Crippen molar-refractivity contribution in [2.75, 3.05) is 50.8 Å². The van der Waals surface area contributed by atoms with E-state index in [1.54, 1.807) is 0 Å². The lowest BCUT2D eigenvalue weighted by atomic mass is 9.91. The average Bonchev–Trinajstić information content (AvgIpc) is 3.03. The number of alkyl halides is 3. The first-order chi connectivity index (χ1) is 21.1. The average molecular weight is 614 g/mol. The van der Waals surface area contributed by atoms with Crippen molar-refractivity contribution in [3.05, 3.63) is 72.3 Å². The number of likely N-dealkylation sites (tertiary alicyclic amines) is 1. The lowest BCUT2D eigenvalue weighted by molar-refractivity contribution is -0.192. The normalized spacial score (nSPS) is 19.3. The van der Waals surface area contributed by atoms with Gasteiger partial charge in [0.1, 0.15) is 5.75 Å². The zero-order valence-corrected chi connectivity index (χ0v) is 25.4. The van der Waals surface area contributed by atoms with Crippen LogP contribution in [0.1, 0.15) is 49.9 Å². The number of ether oxygens (including phenoxy) is 1.